The predicted molar refractivity (Wildman–Crippen MR) is 123 cm³/mol. The standard InChI is InChI=1S/C24H45N3O4/c1-8-24(14-9-15-27(17-24)21(29)31-23(5,6)7)16-25-18-10-12-19(13-11-18)26-20(28)30-22(2,3)4/h18-19,25H,8-17H2,1-7H3,(H,26,28). The Hall–Kier alpha value is -1.50. The molecule has 1 saturated carbocycles. The Bertz CT molecular complexity index is 603. The van der Waals surface area contributed by atoms with Crippen LogP contribution in [-0.4, -0.2) is 60.0 Å². The van der Waals surface area contributed by atoms with Gasteiger partial charge in [0.1, 0.15) is 11.2 Å². The van der Waals surface area contributed by atoms with E-state index >= 15 is 0 Å². The fraction of sp³-hybridized carbons (Fsp3) is 0.917. The van der Waals surface area contributed by atoms with Gasteiger partial charge in [0.15, 0.2) is 0 Å². The SMILES string of the molecule is CCC1(CNC2CCC(NC(=O)OC(C)(C)C)CC2)CCCN(C(=O)OC(C)(C)C)C1. The fourth-order valence-corrected chi connectivity index (χ4v) is 4.53. The lowest BCUT2D eigenvalue weighted by Crippen LogP contribution is -2.53. The third kappa shape index (κ3) is 8.87. The molecule has 1 unspecified atom stereocenters. The van der Waals surface area contributed by atoms with E-state index in [1.807, 2.05) is 46.4 Å². The second-order valence-corrected chi connectivity index (χ2v) is 11.4. The van der Waals surface area contributed by atoms with Crippen LogP contribution >= 0.6 is 0 Å². The fourth-order valence-electron chi connectivity index (χ4n) is 4.53. The lowest BCUT2D eigenvalue weighted by atomic mass is 9.77. The first-order valence-corrected chi connectivity index (χ1v) is 12.0. The minimum absolute atomic E-state index is 0.0980. The Morgan fingerprint density at radius 1 is 0.968 bits per heavy atom. The van der Waals surface area contributed by atoms with Gasteiger partial charge in [0.25, 0.3) is 0 Å². The lowest BCUT2D eigenvalue weighted by molar-refractivity contribution is 0.00264. The van der Waals surface area contributed by atoms with Crippen LogP contribution in [0.15, 0.2) is 0 Å². The molecule has 0 radical (unpaired) electrons. The first kappa shape index (κ1) is 25.8. The van der Waals surface area contributed by atoms with E-state index in [1.165, 1.54) is 0 Å². The number of carbonyl (C=O) groups is 2. The normalized spacial score (nSPS) is 27.5. The average molecular weight is 440 g/mol. The van der Waals surface area contributed by atoms with Crippen LogP contribution in [0.1, 0.15) is 93.4 Å². The zero-order valence-corrected chi connectivity index (χ0v) is 20.8. The van der Waals surface area contributed by atoms with Gasteiger partial charge in [-0.2, -0.15) is 0 Å². The second kappa shape index (κ2) is 10.4. The number of amides is 2. The van der Waals surface area contributed by atoms with E-state index in [0.717, 1.165) is 64.6 Å². The third-order valence-corrected chi connectivity index (χ3v) is 6.28. The summed E-state index contributed by atoms with van der Waals surface area (Å²) >= 11 is 0. The van der Waals surface area contributed by atoms with Gasteiger partial charge in [-0.1, -0.05) is 6.92 Å². The maximum absolute atomic E-state index is 12.6. The predicted octanol–water partition coefficient (Wildman–Crippen LogP) is 4.84. The van der Waals surface area contributed by atoms with E-state index < -0.39 is 11.2 Å². The summed E-state index contributed by atoms with van der Waals surface area (Å²) in [6, 6.07) is 0.641. The van der Waals surface area contributed by atoms with Gasteiger partial charge in [0.2, 0.25) is 0 Å². The summed E-state index contributed by atoms with van der Waals surface area (Å²) in [4.78, 5) is 26.5. The van der Waals surface area contributed by atoms with E-state index in [1.54, 1.807) is 0 Å². The molecule has 0 aromatic heterocycles. The van der Waals surface area contributed by atoms with E-state index in [4.69, 9.17) is 9.47 Å². The molecule has 2 fully saturated rings. The highest BCUT2D eigenvalue weighted by Gasteiger charge is 2.38. The molecule has 2 amide bonds. The van der Waals surface area contributed by atoms with Gasteiger partial charge >= 0.3 is 12.2 Å². The molecule has 1 aliphatic carbocycles. The van der Waals surface area contributed by atoms with Crippen LogP contribution in [0.2, 0.25) is 0 Å². The summed E-state index contributed by atoms with van der Waals surface area (Å²) in [7, 11) is 0. The smallest absolute Gasteiger partial charge is 0.410 e. The Labute approximate surface area is 189 Å². The molecular formula is C24H45N3O4. The molecule has 0 bridgehead atoms. The second-order valence-electron chi connectivity index (χ2n) is 11.4. The van der Waals surface area contributed by atoms with Crippen molar-refractivity contribution in [1.29, 1.82) is 0 Å². The van der Waals surface area contributed by atoms with Crippen molar-refractivity contribution in [2.24, 2.45) is 5.41 Å². The molecule has 0 spiro atoms. The molecule has 7 heteroatoms. The van der Waals surface area contributed by atoms with Crippen molar-refractivity contribution in [2.45, 2.75) is 117 Å². The topological polar surface area (TPSA) is 79.9 Å². The molecule has 0 aromatic rings. The van der Waals surface area contributed by atoms with E-state index in [0.29, 0.717) is 6.04 Å². The summed E-state index contributed by atoms with van der Waals surface area (Å²) < 4.78 is 11.0. The number of alkyl carbamates (subject to hydrolysis) is 1. The molecule has 7 nitrogen and oxygen atoms in total. The molecule has 1 aliphatic heterocycles. The van der Waals surface area contributed by atoms with Crippen molar-refractivity contribution >= 4 is 12.2 Å². The quantitative estimate of drug-likeness (QED) is 0.641. The van der Waals surface area contributed by atoms with Crippen LogP contribution in [0.25, 0.3) is 0 Å². The largest absolute Gasteiger partial charge is 0.444 e. The highest BCUT2D eigenvalue weighted by atomic mass is 16.6. The molecule has 0 aromatic carbocycles. The first-order chi connectivity index (χ1) is 14.3. The molecule has 1 saturated heterocycles. The monoisotopic (exact) mass is 439 g/mol. The number of likely N-dealkylation sites (tertiary alicyclic amines) is 1. The zero-order chi connectivity index (χ0) is 23.3. The Morgan fingerprint density at radius 2 is 1.55 bits per heavy atom. The highest BCUT2D eigenvalue weighted by molar-refractivity contribution is 5.68. The summed E-state index contributed by atoms with van der Waals surface area (Å²) in [5.74, 6) is 0. The summed E-state index contributed by atoms with van der Waals surface area (Å²) in [5, 5.41) is 6.79. The lowest BCUT2D eigenvalue weighted by Gasteiger charge is -2.44. The molecule has 2 N–H and O–H groups in total. The van der Waals surface area contributed by atoms with Crippen molar-refractivity contribution in [3.8, 4) is 0 Å². The zero-order valence-electron chi connectivity index (χ0n) is 20.8. The van der Waals surface area contributed by atoms with Crippen molar-refractivity contribution in [1.82, 2.24) is 15.5 Å². The van der Waals surface area contributed by atoms with E-state index in [2.05, 4.69) is 17.6 Å². The van der Waals surface area contributed by atoms with Gasteiger partial charge in [-0.3, -0.25) is 0 Å². The van der Waals surface area contributed by atoms with Gasteiger partial charge in [0.05, 0.1) is 0 Å². The Balaban J connectivity index is 1.79. The number of piperidine rings is 1. The molecule has 180 valence electrons. The van der Waals surface area contributed by atoms with E-state index in [9.17, 15) is 9.59 Å². The minimum Gasteiger partial charge on any atom is -0.444 e. The number of ether oxygens (including phenoxy) is 2. The van der Waals surface area contributed by atoms with Gasteiger partial charge < -0.3 is 25.0 Å². The van der Waals surface area contributed by atoms with Crippen LogP contribution in [0.4, 0.5) is 9.59 Å². The molecular weight excluding hydrogens is 394 g/mol. The number of hydrogen-bond donors (Lipinski definition) is 2. The number of rotatable bonds is 5. The van der Waals surface area contributed by atoms with Crippen molar-refractivity contribution in [2.75, 3.05) is 19.6 Å². The van der Waals surface area contributed by atoms with Crippen molar-refractivity contribution < 1.29 is 19.1 Å². The highest BCUT2D eigenvalue weighted by Crippen LogP contribution is 2.34. The maximum Gasteiger partial charge on any atom is 0.410 e. The van der Waals surface area contributed by atoms with Crippen LogP contribution < -0.4 is 10.6 Å². The number of nitrogens with one attached hydrogen (secondary N) is 2. The third-order valence-electron chi connectivity index (χ3n) is 6.28. The van der Waals surface area contributed by atoms with Gasteiger partial charge in [0, 0.05) is 37.1 Å². The number of nitrogens with zero attached hydrogens (tertiary/aromatic N) is 1. The van der Waals surface area contributed by atoms with Crippen LogP contribution in [-0.2, 0) is 9.47 Å². The van der Waals surface area contributed by atoms with Gasteiger partial charge in [-0.15, -0.1) is 0 Å². The summed E-state index contributed by atoms with van der Waals surface area (Å²) in [6.45, 7) is 16.1. The molecule has 2 rings (SSSR count). The van der Waals surface area contributed by atoms with Gasteiger partial charge in [-0.05, 0) is 86.5 Å². The molecule has 2 aliphatic rings. The van der Waals surface area contributed by atoms with E-state index in [-0.39, 0.29) is 23.6 Å². The molecule has 1 heterocycles. The Morgan fingerprint density at radius 3 is 2.10 bits per heavy atom. The number of hydrogen-bond acceptors (Lipinski definition) is 5. The molecule has 1 atom stereocenters. The van der Waals surface area contributed by atoms with Crippen LogP contribution in [0.5, 0.6) is 0 Å². The average Bonchev–Trinajstić information content (AvgIpc) is 2.65. The summed E-state index contributed by atoms with van der Waals surface area (Å²) in [6.07, 6.45) is 6.66. The van der Waals surface area contributed by atoms with Crippen LogP contribution in [0, 0.1) is 5.41 Å². The number of carbonyl (C=O) groups excluding carboxylic acids is 2. The Kier molecular flexibility index (Phi) is 8.65. The molecule has 31 heavy (non-hydrogen) atoms. The van der Waals surface area contributed by atoms with Crippen LogP contribution in [0.3, 0.4) is 0 Å². The van der Waals surface area contributed by atoms with Crippen molar-refractivity contribution in [3.63, 3.8) is 0 Å². The minimum atomic E-state index is -0.468. The summed E-state index contributed by atoms with van der Waals surface area (Å²) in [5.41, 5.74) is -0.834. The maximum atomic E-state index is 12.6. The first-order valence-electron chi connectivity index (χ1n) is 12.0. The van der Waals surface area contributed by atoms with Crippen molar-refractivity contribution in [3.05, 3.63) is 0 Å². The van der Waals surface area contributed by atoms with Gasteiger partial charge in [-0.25, -0.2) is 9.59 Å².